The lowest BCUT2D eigenvalue weighted by atomic mass is 10.0. The van der Waals surface area contributed by atoms with E-state index in [0.29, 0.717) is 10.2 Å². The van der Waals surface area contributed by atoms with Gasteiger partial charge in [-0.2, -0.15) is 0 Å². The summed E-state index contributed by atoms with van der Waals surface area (Å²) in [5.74, 6) is 0. The Morgan fingerprint density at radius 3 is 2.72 bits per heavy atom. The highest BCUT2D eigenvalue weighted by molar-refractivity contribution is 9.10. The van der Waals surface area contributed by atoms with Crippen molar-refractivity contribution in [2.45, 2.75) is 6.10 Å². The molecule has 0 bridgehead atoms. The Labute approximate surface area is 112 Å². The molecule has 3 aromatic rings. The summed E-state index contributed by atoms with van der Waals surface area (Å²) in [4.78, 5) is 4.17. The third kappa shape index (κ3) is 1.83. The van der Waals surface area contributed by atoms with Gasteiger partial charge in [0.15, 0.2) is 4.67 Å². The van der Waals surface area contributed by atoms with Crippen LogP contribution >= 0.6 is 15.9 Å². The van der Waals surface area contributed by atoms with Crippen molar-refractivity contribution < 1.29 is 9.52 Å². The summed E-state index contributed by atoms with van der Waals surface area (Å²) in [5.41, 5.74) is 1.48. The topological polar surface area (TPSA) is 46.3 Å². The van der Waals surface area contributed by atoms with Crippen molar-refractivity contribution in [1.29, 1.82) is 0 Å². The van der Waals surface area contributed by atoms with Crippen LogP contribution < -0.4 is 0 Å². The highest BCUT2D eigenvalue weighted by atomic mass is 79.9. The predicted octanol–water partition coefficient (Wildman–Crippen LogP) is 3.67. The maximum Gasteiger partial charge on any atom is 0.175 e. The van der Waals surface area contributed by atoms with Crippen LogP contribution in [-0.2, 0) is 0 Å². The van der Waals surface area contributed by atoms with Gasteiger partial charge in [0.1, 0.15) is 6.10 Å². The molecule has 1 atom stereocenters. The fraction of sp³-hybridized carbons (Fsp3) is 0.0714. The lowest BCUT2D eigenvalue weighted by Gasteiger charge is -2.12. The molecular formula is C14H10BrNO2. The van der Waals surface area contributed by atoms with Crippen LogP contribution in [0.25, 0.3) is 10.8 Å². The van der Waals surface area contributed by atoms with E-state index < -0.39 is 6.10 Å². The van der Waals surface area contributed by atoms with Gasteiger partial charge in [0.2, 0.25) is 0 Å². The van der Waals surface area contributed by atoms with Crippen molar-refractivity contribution in [2.75, 3.05) is 0 Å². The number of furan rings is 1. The standard InChI is InChI=1S/C14H10BrNO2/c15-14-11(5-6-18-14)13(17)12-8-16-7-9-3-1-2-4-10(9)12/h1-8,13,17H. The quantitative estimate of drug-likeness (QED) is 0.785. The number of halogens is 1. The van der Waals surface area contributed by atoms with E-state index in [1.165, 1.54) is 0 Å². The molecule has 1 N–H and O–H groups in total. The number of fused-ring (bicyclic) bond motifs is 1. The Morgan fingerprint density at radius 1 is 1.11 bits per heavy atom. The lowest BCUT2D eigenvalue weighted by Crippen LogP contribution is -2.00. The molecule has 90 valence electrons. The number of hydrogen-bond acceptors (Lipinski definition) is 3. The summed E-state index contributed by atoms with van der Waals surface area (Å²) < 4.78 is 5.70. The van der Waals surface area contributed by atoms with Crippen molar-refractivity contribution in [3.63, 3.8) is 0 Å². The summed E-state index contributed by atoms with van der Waals surface area (Å²) in [6.45, 7) is 0. The molecule has 0 aliphatic heterocycles. The van der Waals surface area contributed by atoms with E-state index in [0.717, 1.165) is 16.3 Å². The van der Waals surface area contributed by atoms with Crippen LogP contribution in [0.5, 0.6) is 0 Å². The number of hydrogen-bond donors (Lipinski definition) is 1. The molecule has 0 fully saturated rings. The molecule has 3 rings (SSSR count). The van der Waals surface area contributed by atoms with E-state index in [9.17, 15) is 5.11 Å². The van der Waals surface area contributed by atoms with Gasteiger partial charge < -0.3 is 9.52 Å². The third-order valence-corrected chi connectivity index (χ3v) is 3.58. The van der Waals surface area contributed by atoms with Crippen LogP contribution in [0, 0.1) is 0 Å². The summed E-state index contributed by atoms with van der Waals surface area (Å²) >= 11 is 3.28. The van der Waals surface area contributed by atoms with Gasteiger partial charge in [0.05, 0.1) is 6.26 Å². The van der Waals surface area contributed by atoms with E-state index >= 15 is 0 Å². The van der Waals surface area contributed by atoms with Crippen LogP contribution in [0.2, 0.25) is 0 Å². The molecule has 2 aromatic heterocycles. The smallest absolute Gasteiger partial charge is 0.175 e. The minimum Gasteiger partial charge on any atom is -0.457 e. The van der Waals surface area contributed by atoms with Gasteiger partial charge in [0.25, 0.3) is 0 Å². The molecule has 18 heavy (non-hydrogen) atoms. The molecule has 0 saturated carbocycles. The Balaban J connectivity index is 2.18. The molecule has 1 unspecified atom stereocenters. The highest BCUT2D eigenvalue weighted by Gasteiger charge is 2.18. The van der Waals surface area contributed by atoms with E-state index in [1.807, 2.05) is 24.3 Å². The van der Waals surface area contributed by atoms with Crippen molar-refractivity contribution in [3.05, 3.63) is 64.8 Å². The number of aliphatic hydroxyl groups excluding tert-OH is 1. The average molecular weight is 304 g/mol. The van der Waals surface area contributed by atoms with Crippen LogP contribution in [0.15, 0.2) is 58.1 Å². The van der Waals surface area contributed by atoms with E-state index in [2.05, 4.69) is 20.9 Å². The van der Waals surface area contributed by atoms with Gasteiger partial charge in [-0.15, -0.1) is 0 Å². The molecule has 4 heteroatoms. The second kappa shape index (κ2) is 4.55. The van der Waals surface area contributed by atoms with Gasteiger partial charge in [-0.25, -0.2) is 0 Å². The minimum absolute atomic E-state index is 0.544. The van der Waals surface area contributed by atoms with Crippen molar-refractivity contribution >= 4 is 26.7 Å². The van der Waals surface area contributed by atoms with Crippen molar-refractivity contribution in [1.82, 2.24) is 4.98 Å². The number of aromatic nitrogens is 1. The molecule has 2 heterocycles. The predicted molar refractivity (Wildman–Crippen MR) is 72.2 cm³/mol. The fourth-order valence-electron chi connectivity index (χ4n) is 2.02. The Kier molecular flexibility index (Phi) is 2.89. The zero-order chi connectivity index (χ0) is 12.5. The molecule has 3 nitrogen and oxygen atoms in total. The summed E-state index contributed by atoms with van der Waals surface area (Å²) in [5, 5.41) is 12.4. The normalized spacial score (nSPS) is 12.8. The Hall–Kier alpha value is -1.65. The molecule has 1 aromatic carbocycles. The molecular weight excluding hydrogens is 294 g/mol. The second-order valence-electron chi connectivity index (χ2n) is 4.00. The average Bonchev–Trinajstić information content (AvgIpc) is 2.83. The minimum atomic E-state index is -0.753. The first-order valence-corrected chi connectivity index (χ1v) is 6.30. The molecule has 0 aliphatic carbocycles. The van der Waals surface area contributed by atoms with E-state index in [-0.39, 0.29) is 0 Å². The lowest BCUT2D eigenvalue weighted by molar-refractivity contribution is 0.219. The van der Waals surface area contributed by atoms with Gasteiger partial charge in [-0.3, -0.25) is 4.98 Å². The monoisotopic (exact) mass is 303 g/mol. The van der Waals surface area contributed by atoms with Crippen molar-refractivity contribution in [3.8, 4) is 0 Å². The summed E-state index contributed by atoms with van der Waals surface area (Å²) in [7, 11) is 0. The number of pyridine rings is 1. The van der Waals surface area contributed by atoms with Crippen LogP contribution in [-0.4, -0.2) is 10.1 Å². The van der Waals surface area contributed by atoms with Gasteiger partial charge >= 0.3 is 0 Å². The molecule has 0 radical (unpaired) electrons. The largest absolute Gasteiger partial charge is 0.457 e. The van der Waals surface area contributed by atoms with Crippen LogP contribution in [0.4, 0.5) is 0 Å². The Bertz CT molecular complexity index is 688. The molecule has 0 spiro atoms. The molecule has 0 saturated heterocycles. The zero-order valence-electron chi connectivity index (χ0n) is 9.38. The van der Waals surface area contributed by atoms with E-state index in [1.54, 1.807) is 24.7 Å². The second-order valence-corrected chi connectivity index (χ2v) is 4.72. The third-order valence-electron chi connectivity index (χ3n) is 2.93. The fourth-order valence-corrected chi connectivity index (χ4v) is 2.48. The zero-order valence-corrected chi connectivity index (χ0v) is 11.0. The number of nitrogens with zero attached hydrogens (tertiary/aromatic N) is 1. The first kappa shape index (κ1) is 11.4. The molecule has 0 aliphatic rings. The summed E-state index contributed by atoms with van der Waals surface area (Å²) in [6, 6.07) is 9.60. The van der Waals surface area contributed by atoms with Crippen LogP contribution in [0.1, 0.15) is 17.2 Å². The number of aliphatic hydroxyl groups is 1. The first-order chi connectivity index (χ1) is 8.77. The Morgan fingerprint density at radius 2 is 1.94 bits per heavy atom. The highest BCUT2D eigenvalue weighted by Crippen LogP contribution is 2.32. The number of benzene rings is 1. The maximum atomic E-state index is 10.4. The molecule has 0 amide bonds. The van der Waals surface area contributed by atoms with Gasteiger partial charge in [0, 0.05) is 28.9 Å². The SMILES string of the molecule is OC(c1ccoc1Br)c1cncc2ccccc12. The van der Waals surface area contributed by atoms with Crippen LogP contribution in [0.3, 0.4) is 0 Å². The summed E-state index contributed by atoms with van der Waals surface area (Å²) in [6.07, 6.45) is 4.26. The van der Waals surface area contributed by atoms with E-state index in [4.69, 9.17) is 4.42 Å². The first-order valence-electron chi connectivity index (χ1n) is 5.51. The van der Waals surface area contributed by atoms with Crippen molar-refractivity contribution in [2.24, 2.45) is 0 Å². The maximum absolute atomic E-state index is 10.4. The van der Waals surface area contributed by atoms with Gasteiger partial charge in [-0.1, -0.05) is 24.3 Å². The van der Waals surface area contributed by atoms with Gasteiger partial charge in [-0.05, 0) is 27.4 Å². The number of rotatable bonds is 2.